The van der Waals surface area contributed by atoms with Gasteiger partial charge in [-0.1, -0.05) is 18.2 Å². The molecule has 122 valence electrons. The van der Waals surface area contributed by atoms with Gasteiger partial charge < -0.3 is 10.0 Å². The number of hydrogen-bond donors (Lipinski definition) is 1. The van der Waals surface area contributed by atoms with Crippen LogP contribution in [0, 0.1) is 0 Å². The fourth-order valence-electron chi connectivity index (χ4n) is 2.53. The lowest BCUT2D eigenvalue weighted by Gasteiger charge is -2.34. The number of hydrogen-bond acceptors (Lipinski definition) is 3. The van der Waals surface area contributed by atoms with Crippen molar-refractivity contribution in [3.63, 3.8) is 0 Å². The van der Waals surface area contributed by atoms with Crippen molar-refractivity contribution in [1.29, 1.82) is 0 Å². The van der Waals surface area contributed by atoms with Crippen molar-refractivity contribution < 1.29 is 23.1 Å². The van der Waals surface area contributed by atoms with Crippen molar-refractivity contribution in [2.75, 3.05) is 32.7 Å². The van der Waals surface area contributed by atoms with E-state index < -0.39 is 17.7 Å². The molecule has 0 saturated carbocycles. The van der Waals surface area contributed by atoms with Crippen LogP contribution in [0.25, 0.3) is 0 Å². The van der Waals surface area contributed by atoms with Gasteiger partial charge in [-0.2, -0.15) is 13.2 Å². The molecule has 0 unspecified atom stereocenters. The Hall–Kier alpha value is -1.60. The molecule has 1 aromatic carbocycles. The summed E-state index contributed by atoms with van der Waals surface area (Å²) in [6.07, 6.45) is -4.20. The number of carbonyl (C=O) groups is 1. The van der Waals surface area contributed by atoms with Crippen LogP contribution in [0.3, 0.4) is 0 Å². The molecule has 1 saturated heterocycles. The Morgan fingerprint density at radius 2 is 1.77 bits per heavy atom. The molecule has 1 heterocycles. The molecule has 0 radical (unpaired) electrons. The zero-order valence-electron chi connectivity index (χ0n) is 12.1. The van der Waals surface area contributed by atoms with Crippen LogP contribution in [0.4, 0.5) is 13.2 Å². The van der Waals surface area contributed by atoms with Crippen LogP contribution in [-0.2, 0) is 17.5 Å². The maximum Gasteiger partial charge on any atom is 0.416 e. The third-order valence-corrected chi connectivity index (χ3v) is 3.77. The van der Waals surface area contributed by atoms with Gasteiger partial charge in [0.25, 0.3) is 0 Å². The van der Waals surface area contributed by atoms with Crippen molar-refractivity contribution in [2.45, 2.75) is 19.1 Å². The van der Waals surface area contributed by atoms with E-state index >= 15 is 0 Å². The first-order chi connectivity index (χ1) is 10.3. The average Bonchev–Trinajstić information content (AvgIpc) is 2.46. The number of carboxylic acids is 1. The fraction of sp³-hybridized carbons (Fsp3) is 0.533. The van der Waals surface area contributed by atoms with E-state index in [1.54, 1.807) is 6.07 Å². The van der Waals surface area contributed by atoms with E-state index in [0.717, 1.165) is 32.2 Å². The van der Waals surface area contributed by atoms with Crippen LogP contribution in [0.15, 0.2) is 24.3 Å². The molecular formula is C15H19F3N2O2. The number of aliphatic carboxylic acids is 1. The molecule has 1 aliphatic rings. The lowest BCUT2D eigenvalue weighted by molar-refractivity contribution is -0.138. The van der Waals surface area contributed by atoms with Crippen LogP contribution >= 0.6 is 0 Å². The maximum absolute atomic E-state index is 12.7. The zero-order valence-corrected chi connectivity index (χ0v) is 12.1. The third kappa shape index (κ3) is 4.99. The quantitative estimate of drug-likeness (QED) is 0.905. The molecule has 1 aromatic rings. The molecular weight excluding hydrogens is 297 g/mol. The minimum absolute atomic E-state index is 0.119. The summed E-state index contributed by atoms with van der Waals surface area (Å²) < 4.78 is 38.0. The lowest BCUT2D eigenvalue weighted by Crippen LogP contribution is -2.46. The smallest absolute Gasteiger partial charge is 0.416 e. The lowest BCUT2D eigenvalue weighted by atomic mass is 10.1. The number of alkyl halides is 3. The molecule has 7 heteroatoms. The summed E-state index contributed by atoms with van der Waals surface area (Å²) in [6.45, 7) is 3.95. The van der Waals surface area contributed by atoms with Gasteiger partial charge in [-0.3, -0.25) is 9.69 Å². The maximum atomic E-state index is 12.7. The highest BCUT2D eigenvalue weighted by Crippen LogP contribution is 2.29. The van der Waals surface area contributed by atoms with Crippen molar-refractivity contribution in [3.05, 3.63) is 35.4 Å². The van der Waals surface area contributed by atoms with Crippen molar-refractivity contribution in [3.8, 4) is 0 Å². The molecule has 4 nitrogen and oxygen atoms in total. The van der Waals surface area contributed by atoms with Gasteiger partial charge in [-0.15, -0.1) is 0 Å². The SMILES string of the molecule is O=C(O)CCN1CCN(Cc2cccc(C(F)(F)F)c2)CC1. The zero-order chi connectivity index (χ0) is 16.2. The van der Waals surface area contributed by atoms with Gasteiger partial charge in [0.15, 0.2) is 0 Å². The minimum atomic E-state index is -4.31. The van der Waals surface area contributed by atoms with E-state index in [1.165, 1.54) is 12.1 Å². The molecule has 2 rings (SSSR count). The Kier molecular flexibility index (Phi) is 5.42. The second-order valence-corrected chi connectivity index (χ2v) is 5.46. The highest BCUT2D eigenvalue weighted by molar-refractivity contribution is 5.66. The average molecular weight is 316 g/mol. The highest BCUT2D eigenvalue weighted by atomic mass is 19.4. The summed E-state index contributed by atoms with van der Waals surface area (Å²) in [4.78, 5) is 14.7. The van der Waals surface area contributed by atoms with Gasteiger partial charge in [0.2, 0.25) is 0 Å². The summed E-state index contributed by atoms with van der Waals surface area (Å²) in [7, 11) is 0. The number of halogens is 3. The van der Waals surface area contributed by atoms with Crippen LogP contribution in [0.2, 0.25) is 0 Å². The number of nitrogens with zero attached hydrogens (tertiary/aromatic N) is 2. The molecule has 0 aliphatic carbocycles. The minimum Gasteiger partial charge on any atom is -0.481 e. The molecule has 22 heavy (non-hydrogen) atoms. The first kappa shape index (κ1) is 16.8. The largest absolute Gasteiger partial charge is 0.481 e. The van der Waals surface area contributed by atoms with Crippen LogP contribution in [-0.4, -0.2) is 53.6 Å². The Morgan fingerprint density at radius 3 is 2.36 bits per heavy atom. The van der Waals surface area contributed by atoms with E-state index in [9.17, 15) is 18.0 Å². The van der Waals surface area contributed by atoms with Crippen LogP contribution < -0.4 is 0 Å². The van der Waals surface area contributed by atoms with Gasteiger partial charge in [-0.05, 0) is 11.6 Å². The number of carboxylic acid groups (broad SMARTS) is 1. The summed E-state index contributed by atoms with van der Waals surface area (Å²) in [5.74, 6) is -0.814. The molecule has 0 bridgehead atoms. The Bertz CT molecular complexity index is 512. The number of piperazine rings is 1. The molecule has 0 aromatic heterocycles. The van der Waals surface area contributed by atoms with E-state index in [4.69, 9.17) is 5.11 Å². The normalized spacial score (nSPS) is 17.6. The van der Waals surface area contributed by atoms with E-state index in [-0.39, 0.29) is 6.42 Å². The number of rotatable bonds is 5. The van der Waals surface area contributed by atoms with Crippen molar-refractivity contribution >= 4 is 5.97 Å². The second kappa shape index (κ2) is 7.11. The molecule has 1 N–H and O–H groups in total. The molecule has 0 spiro atoms. The Labute approximate surface area is 127 Å². The van der Waals surface area contributed by atoms with Gasteiger partial charge in [0.1, 0.15) is 0 Å². The van der Waals surface area contributed by atoms with Gasteiger partial charge in [-0.25, -0.2) is 0 Å². The first-order valence-electron chi connectivity index (χ1n) is 7.17. The fourth-order valence-corrected chi connectivity index (χ4v) is 2.53. The van der Waals surface area contributed by atoms with E-state index in [2.05, 4.69) is 9.80 Å². The Balaban J connectivity index is 1.85. The summed E-state index contributed by atoms with van der Waals surface area (Å²) in [5, 5.41) is 8.65. The predicted molar refractivity (Wildman–Crippen MR) is 75.4 cm³/mol. The summed E-state index contributed by atoms with van der Waals surface area (Å²) >= 11 is 0. The second-order valence-electron chi connectivity index (χ2n) is 5.46. The standard InChI is InChI=1S/C15H19F3N2O2/c16-15(17,18)13-3-1-2-12(10-13)11-20-8-6-19(7-9-20)5-4-14(21)22/h1-3,10H,4-9,11H2,(H,21,22). The highest BCUT2D eigenvalue weighted by Gasteiger charge is 2.30. The van der Waals surface area contributed by atoms with Crippen LogP contribution in [0.1, 0.15) is 17.5 Å². The van der Waals surface area contributed by atoms with Gasteiger partial charge >= 0.3 is 12.1 Å². The van der Waals surface area contributed by atoms with Gasteiger partial charge in [0.05, 0.1) is 12.0 Å². The molecule has 1 fully saturated rings. The topological polar surface area (TPSA) is 43.8 Å². The molecule has 1 aliphatic heterocycles. The summed E-state index contributed by atoms with van der Waals surface area (Å²) in [5.41, 5.74) is 0.0268. The van der Waals surface area contributed by atoms with Crippen LogP contribution in [0.5, 0.6) is 0 Å². The van der Waals surface area contributed by atoms with Crippen molar-refractivity contribution in [1.82, 2.24) is 9.80 Å². The Morgan fingerprint density at radius 1 is 1.14 bits per heavy atom. The van der Waals surface area contributed by atoms with E-state index in [0.29, 0.717) is 18.7 Å². The van der Waals surface area contributed by atoms with E-state index in [1.807, 2.05) is 0 Å². The third-order valence-electron chi connectivity index (χ3n) is 3.77. The van der Waals surface area contributed by atoms with Gasteiger partial charge in [0, 0.05) is 39.3 Å². The van der Waals surface area contributed by atoms with Crippen molar-refractivity contribution in [2.24, 2.45) is 0 Å². The first-order valence-corrected chi connectivity index (χ1v) is 7.17. The molecule has 0 atom stereocenters. The number of benzene rings is 1. The predicted octanol–water partition coefficient (Wildman–Crippen LogP) is 2.30. The summed E-state index contributed by atoms with van der Waals surface area (Å²) in [6, 6.07) is 5.40. The molecule has 0 amide bonds. The monoisotopic (exact) mass is 316 g/mol.